The first-order valence-electron chi connectivity index (χ1n) is 9.37. The highest BCUT2D eigenvalue weighted by molar-refractivity contribution is 5.62. The molecule has 0 spiro atoms. The molecule has 0 aliphatic carbocycles. The highest BCUT2D eigenvalue weighted by atomic mass is 19.4. The monoisotopic (exact) mass is 467 g/mol. The Kier molecular flexibility index (Phi) is 6.82. The maximum absolute atomic E-state index is 13.7. The van der Waals surface area contributed by atoms with Crippen molar-refractivity contribution in [2.24, 2.45) is 0 Å². The molecule has 2 heterocycles. The summed E-state index contributed by atoms with van der Waals surface area (Å²) in [5.41, 5.74) is -3.14. The zero-order valence-electron chi connectivity index (χ0n) is 16.2. The van der Waals surface area contributed by atoms with Crippen LogP contribution >= 0.6 is 0 Å². The van der Waals surface area contributed by atoms with Crippen molar-refractivity contribution in [2.45, 2.75) is 49.3 Å². The number of hydrogen-bond acceptors (Lipinski definition) is 6. The molecule has 176 valence electrons. The SMILES string of the molecule is OC[C@H]1O[C@H](Cc2ccc(-c3cc(C(F)(F)F)ccn3)cc2C(F)(F)F)[C@@H](O)[C@@H](O)[C@@H]1O. The Morgan fingerprint density at radius 2 is 1.50 bits per heavy atom. The normalized spacial score (nSPS) is 26.9. The van der Waals surface area contributed by atoms with Crippen LogP contribution in [0.3, 0.4) is 0 Å². The molecule has 32 heavy (non-hydrogen) atoms. The van der Waals surface area contributed by atoms with Crippen molar-refractivity contribution in [1.82, 2.24) is 4.98 Å². The number of ether oxygens (including phenoxy) is 1. The molecule has 1 aromatic heterocycles. The Bertz CT molecular complexity index is 949. The second-order valence-electron chi connectivity index (χ2n) is 7.37. The lowest BCUT2D eigenvalue weighted by atomic mass is 9.89. The van der Waals surface area contributed by atoms with Gasteiger partial charge in [-0.3, -0.25) is 4.98 Å². The summed E-state index contributed by atoms with van der Waals surface area (Å²) >= 11 is 0. The van der Waals surface area contributed by atoms with E-state index in [-0.39, 0.29) is 16.8 Å². The quantitative estimate of drug-likeness (QED) is 0.514. The number of nitrogens with zero attached hydrogens (tertiary/aromatic N) is 1. The van der Waals surface area contributed by atoms with Crippen LogP contribution in [-0.2, 0) is 23.5 Å². The largest absolute Gasteiger partial charge is 0.416 e. The molecular formula is C20H19F6NO5. The number of halogens is 6. The van der Waals surface area contributed by atoms with E-state index in [1.165, 1.54) is 0 Å². The third kappa shape index (κ3) is 5.04. The Labute approximate surface area is 177 Å². The van der Waals surface area contributed by atoms with Crippen molar-refractivity contribution in [2.75, 3.05) is 6.61 Å². The highest BCUT2D eigenvalue weighted by Crippen LogP contribution is 2.37. The maximum Gasteiger partial charge on any atom is 0.416 e. The minimum Gasteiger partial charge on any atom is -0.394 e. The Morgan fingerprint density at radius 3 is 2.09 bits per heavy atom. The van der Waals surface area contributed by atoms with Crippen molar-refractivity contribution in [1.29, 1.82) is 0 Å². The number of aliphatic hydroxyl groups excluding tert-OH is 4. The van der Waals surface area contributed by atoms with Crippen LogP contribution in [0.2, 0.25) is 0 Å². The van der Waals surface area contributed by atoms with Gasteiger partial charge in [0.05, 0.1) is 29.5 Å². The maximum atomic E-state index is 13.7. The molecule has 1 aliphatic rings. The molecule has 2 aromatic rings. The highest BCUT2D eigenvalue weighted by Gasteiger charge is 2.44. The molecule has 6 nitrogen and oxygen atoms in total. The number of aliphatic hydroxyl groups is 4. The van der Waals surface area contributed by atoms with Crippen molar-refractivity contribution in [3.8, 4) is 11.3 Å². The summed E-state index contributed by atoms with van der Waals surface area (Å²) in [6, 6.07) is 4.13. The molecule has 1 fully saturated rings. The van der Waals surface area contributed by atoms with Crippen molar-refractivity contribution < 1.29 is 51.5 Å². The van der Waals surface area contributed by atoms with Crippen LogP contribution in [0.15, 0.2) is 36.5 Å². The summed E-state index contributed by atoms with van der Waals surface area (Å²) in [6.45, 7) is -0.742. The molecule has 1 aliphatic heterocycles. The third-order valence-corrected chi connectivity index (χ3v) is 5.21. The number of benzene rings is 1. The van der Waals surface area contributed by atoms with Gasteiger partial charge in [-0.1, -0.05) is 12.1 Å². The predicted octanol–water partition coefficient (Wildman–Crippen LogP) is 2.17. The molecule has 1 aromatic carbocycles. The first kappa shape index (κ1) is 24.4. The van der Waals surface area contributed by atoms with E-state index in [0.717, 1.165) is 18.3 Å². The van der Waals surface area contributed by atoms with E-state index in [4.69, 9.17) is 4.74 Å². The van der Waals surface area contributed by atoms with Crippen LogP contribution < -0.4 is 0 Å². The number of aromatic nitrogens is 1. The summed E-state index contributed by atoms with van der Waals surface area (Å²) in [7, 11) is 0. The first-order chi connectivity index (χ1) is 14.8. The topological polar surface area (TPSA) is 103 Å². The lowest BCUT2D eigenvalue weighted by molar-refractivity contribution is -0.228. The van der Waals surface area contributed by atoms with Gasteiger partial charge in [0.1, 0.15) is 24.4 Å². The molecule has 12 heteroatoms. The minimum atomic E-state index is -4.90. The number of rotatable bonds is 4. The Hall–Kier alpha value is -2.25. The van der Waals surface area contributed by atoms with Crippen LogP contribution in [0.5, 0.6) is 0 Å². The fraction of sp³-hybridized carbons (Fsp3) is 0.450. The van der Waals surface area contributed by atoms with E-state index in [9.17, 15) is 46.8 Å². The molecule has 0 bridgehead atoms. The second-order valence-corrected chi connectivity index (χ2v) is 7.37. The van der Waals surface area contributed by atoms with Gasteiger partial charge < -0.3 is 25.2 Å². The lowest BCUT2D eigenvalue weighted by Crippen LogP contribution is -2.59. The molecule has 0 radical (unpaired) electrons. The summed E-state index contributed by atoms with van der Waals surface area (Å²) in [6.07, 6.45) is -17.1. The van der Waals surface area contributed by atoms with Crippen molar-refractivity contribution in [3.63, 3.8) is 0 Å². The smallest absolute Gasteiger partial charge is 0.394 e. The molecular weight excluding hydrogens is 448 g/mol. The molecule has 5 atom stereocenters. The van der Waals surface area contributed by atoms with Gasteiger partial charge in [-0.15, -0.1) is 0 Å². The second kappa shape index (κ2) is 8.94. The zero-order valence-corrected chi connectivity index (χ0v) is 16.2. The zero-order chi connectivity index (χ0) is 23.8. The van der Waals surface area contributed by atoms with Crippen LogP contribution in [-0.4, -0.2) is 62.5 Å². The Balaban J connectivity index is 1.97. The van der Waals surface area contributed by atoms with E-state index >= 15 is 0 Å². The van der Waals surface area contributed by atoms with Gasteiger partial charge in [-0.2, -0.15) is 26.3 Å². The van der Waals surface area contributed by atoms with Gasteiger partial charge in [0.25, 0.3) is 0 Å². The summed E-state index contributed by atoms with van der Waals surface area (Å²) < 4.78 is 85.2. The third-order valence-electron chi connectivity index (χ3n) is 5.21. The standard InChI is InChI=1S/C20H19F6NO5/c21-19(22,23)11-3-4-27-13(7-11)10-2-1-9(12(5-10)20(24,25)26)6-14-16(29)18(31)17(30)15(8-28)32-14/h1-5,7,14-18,28-31H,6,8H2/t14-,15-,16-,17-,18-/m1/s1. The van der Waals surface area contributed by atoms with Crippen molar-refractivity contribution >= 4 is 0 Å². The summed E-state index contributed by atoms with van der Waals surface area (Å²) in [4.78, 5) is 3.72. The van der Waals surface area contributed by atoms with Gasteiger partial charge in [-0.05, 0) is 23.8 Å². The molecule has 0 saturated carbocycles. The van der Waals surface area contributed by atoms with Gasteiger partial charge in [0.15, 0.2) is 0 Å². The van der Waals surface area contributed by atoms with Crippen LogP contribution in [0.1, 0.15) is 16.7 Å². The fourth-order valence-electron chi connectivity index (χ4n) is 3.51. The molecule has 3 rings (SSSR count). The van der Waals surface area contributed by atoms with Gasteiger partial charge in [0.2, 0.25) is 0 Å². The average Bonchev–Trinajstić information content (AvgIpc) is 2.73. The van der Waals surface area contributed by atoms with E-state index in [1.807, 2.05) is 0 Å². The summed E-state index contributed by atoms with van der Waals surface area (Å²) in [5.74, 6) is 0. The number of pyridine rings is 1. The molecule has 0 unspecified atom stereocenters. The van der Waals surface area contributed by atoms with Gasteiger partial charge >= 0.3 is 12.4 Å². The first-order valence-corrected chi connectivity index (χ1v) is 9.37. The van der Waals surface area contributed by atoms with Gasteiger partial charge in [-0.25, -0.2) is 0 Å². The molecule has 4 N–H and O–H groups in total. The van der Waals surface area contributed by atoms with Crippen LogP contribution in [0.25, 0.3) is 11.3 Å². The van der Waals surface area contributed by atoms with Crippen LogP contribution in [0.4, 0.5) is 26.3 Å². The summed E-state index contributed by atoms with van der Waals surface area (Å²) in [5, 5.41) is 39.0. The predicted molar refractivity (Wildman–Crippen MR) is 97.1 cm³/mol. The molecule has 0 amide bonds. The van der Waals surface area contributed by atoms with E-state index in [1.54, 1.807) is 0 Å². The molecule has 1 saturated heterocycles. The van der Waals surface area contributed by atoms with Crippen molar-refractivity contribution in [3.05, 3.63) is 53.2 Å². The lowest BCUT2D eigenvalue weighted by Gasteiger charge is -2.40. The van der Waals surface area contributed by atoms with E-state index < -0.39 is 67.0 Å². The van der Waals surface area contributed by atoms with E-state index in [2.05, 4.69) is 4.98 Å². The average molecular weight is 467 g/mol. The number of alkyl halides is 6. The number of hydrogen-bond donors (Lipinski definition) is 4. The minimum absolute atomic E-state index is 0.207. The van der Waals surface area contributed by atoms with Gasteiger partial charge in [0, 0.05) is 18.2 Å². The van der Waals surface area contributed by atoms with Crippen LogP contribution in [0, 0.1) is 0 Å². The fourth-order valence-corrected chi connectivity index (χ4v) is 3.51. The Morgan fingerprint density at radius 1 is 0.844 bits per heavy atom. The van der Waals surface area contributed by atoms with E-state index in [0.29, 0.717) is 18.2 Å².